The summed E-state index contributed by atoms with van der Waals surface area (Å²) in [5, 5.41) is 12.0. The number of rotatable bonds is 4. The maximum atomic E-state index is 12.1. The number of carbonyl (C=O) groups excluding carboxylic acids is 1. The molecule has 114 valence electrons. The lowest BCUT2D eigenvalue weighted by molar-refractivity contribution is -0.141. The number of carbonyl (C=O) groups is 2. The minimum atomic E-state index is -0.985. The number of nitrogens with one attached hydrogen (secondary N) is 1. The molecule has 0 aliphatic carbocycles. The van der Waals surface area contributed by atoms with Crippen molar-refractivity contribution in [3.05, 3.63) is 0 Å². The highest BCUT2D eigenvalue weighted by atomic mass is 16.5. The molecule has 2 rings (SSSR count). The molecule has 2 amide bonds. The van der Waals surface area contributed by atoms with Gasteiger partial charge in [-0.1, -0.05) is 0 Å². The van der Waals surface area contributed by atoms with Crippen molar-refractivity contribution < 1.29 is 24.2 Å². The predicted octanol–water partition coefficient (Wildman–Crippen LogP) is 0.297. The van der Waals surface area contributed by atoms with Crippen LogP contribution in [0.4, 0.5) is 4.79 Å². The largest absolute Gasteiger partial charge is 0.480 e. The van der Waals surface area contributed by atoms with Crippen LogP contribution in [0.25, 0.3) is 0 Å². The van der Waals surface area contributed by atoms with E-state index >= 15 is 0 Å². The normalized spacial score (nSPS) is 30.2. The zero-order valence-electron chi connectivity index (χ0n) is 11.7. The molecule has 2 aliphatic rings. The van der Waals surface area contributed by atoms with Crippen LogP contribution in [0, 0.1) is 5.92 Å². The third kappa shape index (κ3) is 3.61. The van der Waals surface area contributed by atoms with Gasteiger partial charge in [0.25, 0.3) is 0 Å². The zero-order valence-corrected chi connectivity index (χ0v) is 11.7. The van der Waals surface area contributed by atoms with Crippen LogP contribution in [-0.4, -0.2) is 67.6 Å². The standard InChI is InChI=1S/C13H22N2O5/c1-19-10-5-11(12(16)17)15(7-10)13(18)14-6-9-3-2-4-20-8-9/h9-11H,2-8H2,1H3,(H,14,18)(H,16,17). The van der Waals surface area contributed by atoms with E-state index in [-0.39, 0.29) is 12.1 Å². The smallest absolute Gasteiger partial charge is 0.326 e. The van der Waals surface area contributed by atoms with Gasteiger partial charge in [0, 0.05) is 33.2 Å². The number of amides is 2. The number of hydrogen-bond acceptors (Lipinski definition) is 4. The van der Waals surface area contributed by atoms with E-state index in [2.05, 4.69) is 5.32 Å². The highest BCUT2D eigenvalue weighted by molar-refractivity contribution is 5.83. The van der Waals surface area contributed by atoms with E-state index in [1.165, 1.54) is 12.0 Å². The molecule has 0 spiro atoms. The average Bonchev–Trinajstić information content (AvgIpc) is 2.90. The van der Waals surface area contributed by atoms with E-state index < -0.39 is 12.0 Å². The lowest BCUT2D eigenvalue weighted by atomic mass is 10.0. The van der Waals surface area contributed by atoms with Crippen molar-refractivity contribution in [2.45, 2.75) is 31.4 Å². The van der Waals surface area contributed by atoms with E-state index in [0.29, 0.717) is 32.0 Å². The SMILES string of the molecule is COC1CC(C(=O)O)N(C(=O)NCC2CCCOC2)C1. The zero-order chi connectivity index (χ0) is 14.5. The Labute approximate surface area is 118 Å². The monoisotopic (exact) mass is 286 g/mol. The minimum Gasteiger partial charge on any atom is -0.480 e. The topological polar surface area (TPSA) is 88.1 Å². The minimum absolute atomic E-state index is 0.208. The first-order valence-corrected chi connectivity index (χ1v) is 6.99. The molecule has 2 saturated heterocycles. The summed E-state index contributed by atoms with van der Waals surface area (Å²) in [6, 6.07) is -1.13. The number of likely N-dealkylation sites (tertiary alicyclic amines) is 1. The first-order valence-electron chi connectivity index (χ1n) is 6.99. The van der Waals surface area contributed by atoms with E-state index in [1.54, 1.807) is 0 Å². The van der Waals surface area contributed by atoms with Crippen molar-refractivity contribution in [2.24, 2.45) is 5.92 Å². The highest BCUT2D eigenvalue weighted by Crippen LogP contribution is 2.20. The van der Waals surface area contributed by atoms with E-state index in [1.807, 2.05) is 0 Å². The van der Waals surface area contributed by atoms with Gasteiger partial charge >= 0.3 is 12.0 Å². The molecular formula is C13H22N2O5. The molecule has 0 radical (unpaired) electrons. The van der Waals surface area contributed by atoms with Crippen molar-refractivity contribution in [1.82, 2.24) is 10.2 Å². The summed E-state index contributed by atoms with van der Waals surface area (Å²) in [4.78, 5) is 24.7. The van der Waals surface area contributed by atoms with Crippen LogP contribution in [-0.2, 0) is 14.3 Å². The number of carboxylic acids is 1. The molecule has 0 bridgehead atoms. The fourth-order valence-electron chi connectivity index (χ4n) is 2.73. The van der Waals surface area contributed by atoms with Gasteiger partial charge in [-0.2, -0.15) is 0 Å². The Hall–Kier alpha value is -1.34. The van der Waals surface area contributed by atoms with Crippen LogP contribution in [0.2, 0.25) is 0 Å². The van der Waals surface area contributed by atoms with Crippen molar-refractivity contribution in [3.63, 3.8) is 0 Å². The molecular weight excluding hydrogens is 264 g/mol. The molecule has 0 aromatic carbocycles. The van der Waals surface area contributed by atoms with Crippen molar-refractivity contribution >= 4 is 12.0 Å². The Kier molecular flexibility index (Phi) is 5.19. The van der Waals surface area contributed by atoms with E-state index in [0.717, 1.165) is 19.4 Å². The lowest BCUT2D eigenvalue weighted by Crippen LogP contribution is -2.47. The molecule has 2 fully saturated rings. The molecule has 0 saturated carbocycles. The van der Waals surface area contributed by atoms with E-state index in [9.17, 15) is 9.59 Å². The second-order valence-electron chi connectivity index (χ2n) is 5.37. The van der Waals surface area contributed by atoms with Gasteiger partial charge in [0.05, 0.1) is 12.7 Å². The van der Waals surface area contributed by atoms with Crippen LogP contribution in [0.15, 0.2) is 0 Å². The number of ether oxygens (including phenoxy) is 2. The van der Waals surface area contributed by atoms with Gasteiger partial charge in [-0.05, 0) is 18.8 Å². The van der Waals surface area contributed by atoms with Gasteiger partial charge < -0.3 is 24.8 Å². The number of hydrogen-bond donors (Lipinski definition) is 2. The molecule has 2 heterocycles. The molecule has 7 nitrogen and oxygen atoms in total. The Morgan fingerprint density at radius 3 is 2.90 bits per heavy atom. The molecule has 2 N–H and O–H groups in total. The van der Waals surface area contributed by atoms with Gasteiger partial charge in [-0.15, -0.1) is 0 Å². The van der Waals surface area contributed by atoms with Crippen molar-refractivity contribution in [2.75, 3.05) is 33.4 Å². The van der Waals surface area contributed by atoms with Crippen LogP contribution in [0.1, 0.15) is 19.3 Å². The van der Waals surface area contributed by atoms with Crippen LogP contribution < -0.4 is 5.32 Å². The average molecular weight is 286 g/mol. The molecule has 3 unspecified atom stereocenters. The van der Waals surface area contributed by atoms with Crippen LogP contribution in [0.3, 0.4) is 0 Å². The van der Waals surface area contributed by atoms with Gasteiger partial charge in [0.1, 0.15) is 6.04 Å². The molecule has 0 aromatic rings. The Balaban J connectivity index is 1.85. The Morgan fingerprint density at radius 1 is 1.50 bits per heavy atom. The summed E-state index contributed by atoms with van der Waals surface area (Å²) in [6.45, 7) is 2.29. The lowest BCUT2D eigenvalue weighted by Gasteiger charge is -2.25. The number of carboxylic acid groups (broad SMARTS) is 1. The first kappa shape index (κ1) is 15.1. The van der Waals surface area contributed by atoms with Crippen LogP contribution in [0.5, 0.6) is 0 Å². The summed E-state index contributed by atoms with van der Waals surface area (Å²) in [5.41, 5.74) is 0. The van der Waals surface area contributed by atoms with Gasteiger partial charge in [0.15, 0.2) is 0 Å². The number of nitrogens with zero attached hydrogens (tertiary/aromatic N) is 1. The van der Waals surface area contributed by atoms with E-state index in [4.69, 9.17) is 14.6 Å². The molecule has 2 aliphatic heterocycles. The molecule has 3 atom stereocenters. The summed E-state index contributed by atoms with van der Waals surface area (Å²) in [7, 11) is 1.53. The van der Waals surface area contributed by atoms with Gasteiger partial charge in [-0.25, -0.2) is 9.59 Å². The third-order valence-corrected chi connectivity index (χ3v) is 3.94. The summed E-state index contributed by atoms with van der Waals surface area (Å²) < 4.78 is 10.5. The maximum Gasteiger partial charge on any atom is 0.326 e. The fourth-order valence-corrected chi connectivity index (χ4v) is 2.73. The Bertz CT molecular complexity index is 357. The molecule has 20 heavy (non-hydrogen) atoms. The van der Waals surface area contributed by atoms with Crippen molar-refractivity contribution in [1.29, 1.82) is 0 Å². The quantitative estimate of drug-likeness (QED) is 0.776. The van der Waals surface area contributed by atoms with Gasteiger partial charge in [0.2, 0.25) is 0 Å². The second-order valence-corrected chi connectivity index (χ2v) is 5.37. The second kappa shape index (κ2) is 6.90. The molecule has 7 heteroatoms. The first-order chi connectivity index (χ1) is 9.61. The summed E-state index contributed by atoms with van der Waals surface area (Å²) in [6.07, 6.45) is 2.17. The Morgan fingerprint density at radius 2 is 2.30 bits per heavy atom. The summed E-state index contributed by atoms with van der Waals surface area (Å²) >= 11 is 0. The van der Waals surface area contributed by atoms with Crippen LogP contribution >= 0.6 is 0 Å². The predicted molar refractivity (Wildman–Crippen MR) is 70.5 cm³/mol. The highest BCUT2D eigenvalue weighted by Gasteiger charge is 2.39. The van der Waals surface area contributed by atoms with Crippen molar-refractivity contribution in [3.8, 4) is 0 Å². The summed E-state index contributed by atoms with van der Waals surface area (Å²) in [5.74, 6) is -0.669. The number of methoxy groups -OCH3 is 1. The maximum absolute atomic E-state index is 12.1. The molecule has 0 aromatic heterocycles. The number of aliphatic carboxylic acids is 1. The fraction of sp³-hybridized carbons (Fsp3) is 0.846. The third-order valence-electron chi connectivity index (χ3n) is 3.94. The van der Waals surface area contributed by atoms with Gasteiger partial charge in [-0.3, -0.25) is 0 Å². The number of urea groups is 1.